The van der Waals surface area contributed by atoms with Gasteiger partial charge in [-0.25, -0.2) is 0 Å². The van der Waals surface area contributed by atoms with E-state index in [1.54, 1.807) is 7.05 Å². The number of aromatic nitrogens is 2. The second-order valence-electron chi connectivity index (χ2n) is 6.83. The first-order valence-electron chi connectivity index (χ1n) is 9.18. The first-order chi connectivity index (χ1) is 12.6. The summed E-state index contributed by atoms with van der Waals surface area (Å²) >= 11 is 0. The molecule has 3 rings (SSSR count). The van der Waals surface area contributed by atoms with Gasteiger partial charge in [-0.2, -0.15) is 4.98 Å². The van der Waals surface area contributed by atoms with Gasteiger partial charge in [-0.05, 0) is 25.8 Å². The van der Waals surface area contributed by atoms with E-state index in [4.69, 9.17) is 4.52 Å². The van der Waals surface area contributed by atoms with Crippen molar-refractivity contribution >= 4 is 5.96 Å². The largest absolute Gasteiger partial charge is 0.356 e. The van der Waals surface area contributed by atoms with E-state index >= 15 is 0 Å². The first-order valence-corrected chi connectivity index (χ1v) is 9.18. The summed E-state index contributed by atoms with van der Waals surface area (Å²) in [6, 6.07) is 11.6. The minimum absolute atomic E-state index is 0.394. The molecule has 2 unspecified atom stereocenters. The Labute approximate surface area is 154 Å². The number of nitrogens with zero attached hydrogens (tertiary/aromatic N) is 4. The molecular formula is C19H28N6O. The third-order valence-electron chi connectivity index (χ3n) is 4.70. The van der Waals surface area contributed by atoms with Crippen molar-refractivity contribution in [3.8, 4) is 0 Å². The molecule has 1 aromatic carbocycles. The molecule has 7 nitrogen and oxygen atoms in total. The third kappa shape index (κ3) is 5.05. The Bertz CT molecular complexity index is 714. The zero-order chi connectivity index (χ0) is 18.4. The highest BCUT2D eigenvalue weighted by Gasteiger charge is 2.29. The molecule has 0 aliphatic carbocycles. The van der Waals surface area contributed by atoms with Gasteiger partial charge < -0.3 is 15.2 Å². The van der Waals surface area contributed by atoms with Crippen LogP contribution in [0.1, 0.15) is 30.6 Å². The lowest BCUT2D eigenvalue weighted by Crippen LogP contribution is -2.45. The summed E-state index contributed by atoms with van der Waals surface area (Å²) in [7, 11) is 1.80. The highest BCUT2D eigenvalue weighted by Crippen LogP contribution is 2.20. The maximum Gasteiger partial charge on any atom is 0.228 e. The van der Waals surface area contributed by atoms with Gasteiger partial charge in [0.1, 0.15) is 0 Å². The van der Waals surface area contributed by atoms with Crippen molar-refractivity contribution in [2.75, 3.05) is 20.1 Å². The van der Waals surface area contributed by atoms with E-state index in [1.165, 1.54) is 5.56 Å². The fraction of sp³-hybridized carbons (Fsp3) is 0.526. The van der Waals surface area contributed by atoms with E-state index in [0.29, 0.717) is 36.8 Å². The van der Waals surface area contributed by atoms with Crippen LogP contribution in [0.4, 0.5) is 0 Å². The summed E-state index contributed by atoms with van der Waals surface area (Å²) in [6.07, 6.45) is 1.79. The zero-order valence-corrected chi connectivity index (χ0v) is 15.8. The van der Waals surface area contributed by atoms with Crippen LogP contribution in [-0.2, 0) is 13.0 Å². The van der Waals surface area contributed by atoms with Crippen molar-refractivity contribution in [2.24, 2.45) is 4.99 Å². The summed E-state index contributed by atoms with van der Waals surface area (Å²) < 4.78 is 5.13. The van der Waals surface area contributed by atoms with E-state index in [1.807, 2.05) is 6.92 Å². The van der Waals surface area contributed by atoms with Crippen LogP contribution < -0.4 is 10.6 Å². The second-order valence-corrected chi connectivity index (χ2v) is 6.83. The number of hydrogen-bond donors (Lipinski definition) is 2. The summed E-state index contributed by atoms with van der Waals surface area (Å²) in [6.45, 7) is 6.82. The van der Waals surface area contributed by atoms with Crippen LogP contribution in [0.2, 0.25) is 0 Å². The highest BCUT2D eigenvalue weighted by molar-refractivity contribution is 5.80. The van der Waals surface area contributed by atoms with Crippen LogP contribution in [0.5, 0.6) is 0 Å². The molecule has 0 radical (unpaired) electrons. The molecule has 1 aliphatic heterocycles. The van der Waals surface area contributed by atoms with Gasteiger partial charge in [0, 0.05) is 45.2 Å². The molecule has 2 atom stereocenters. The molecule has 7 heteroatoms. The van der Waals surface area contributed by atoms with Gasteiger partial charge in [0.2, 0.25) is 5.89 Å². The van der Waals surface area contributed by atoms with Crippen LogP contribution in [-0.4, -0.2) is 53.2 Å². The molecular weight excluding hydrogens is 328 g/mol. The molecule has 26 heavy (non-hydrogen) atoms. The summed E-state index contributed by atoms with van der Waals surface area (Å²) in [5, 5.41) is 10.7. The van der Waals surface area contributed by atoms with Gasteiger partial charge in [-0.3, -0.25) is 9.89 Å². The molecule has 0 saturated carbocycles. The number of likely N-dealkylation sites (tertiary alicyclic amines) is 1. The predicted octanol–water partition coefficient (Wildman–Crippen LogP) is 1.75. The van der Waals surface area contributed by atoms with Crippen molar-refractivity contribution in [3.05, 3.63) is 47.6 Å². The Balaban J connectivity index is 1.45. The van der Waals surface area contributed by atoms with Crippen LogP contribution in [0.15, 0.2) is 39.8 Å². The maximum absolute atomic E-state index is 5.13. The molecule has 0 spiro atoms. The number of nitrogens with one attached hydrogen (secondary N) is 2. The van der Waals surface area contributed by atoms with E-state index < -0.39 is 0 Å². The topological polar surface area (TPSA) is 78.6 Å². The number of rotatable bonds is 6. The molecule has 2 heterocycles. The number of benzene rings is 1. The molecule has 140 valence electrons. The highest BCUT2D eigenvalue weighted by atomic mass is 16.5. The average molecular weight is 356 g/mol. The molecule has 0 amide bonds. The Morgan fingerprint density at radius 2 is 2.15 bits per heavy atom. The Morgan fingerprint density at radius 1 is 1.35 bits per heavy atom. The molecule has 2 aromatic rings. The van der Waals surface area contributed by atoms with Crippen molar-refractivity contribution in [1.82, 2.24) is 25.7 Å². The molecule has 2 N–H and O–H groups in total. The van der Waals surface area contributed by atoms with Crippen molar-refractivity contribution < 1.29 is 4.52 Å². The molecule has 0 bridgehead atoms. The van der Waals surface area contributed by atoms with Gasteiger partial charge in [0.15, 0.2) is 11.8 Å². The Hall–Kier alpha value is -2.41. The van der Waals surface area contributed by atoms with Crippen LogP contribution in [0, 0.1) is 6.92 Å². The Kier molecular flexibility index (Phi) is 6.22. The second kappa shape index (κ2) is 8.80. The van der Waals surface area contributed by atoms with E-state index in [2.05, 4.69) is 67.9 Å². The minimum Gasteiger partial charge on any atom is -0.356 e. The summed E-state index contributed by atoms with van der Waals surface area (Å²) in [5.74, 6) is 2.13. The lowest BCUT2D eigenvalue weighted by atomic mass is 10.2. The van der Waals surface area contributed by atoms with E-state index in [9.17, 15) is 0 Å². The van der Waals surface area contributed by atoms with Gasteiger partial charge >= 0.3 is 0 Å². The Morgan fingerprint density at radius 3 is 2.85 bits per heavy atom. The van der Waals surface area contributed by atoms with Crippen LogP contribution >= 0.6 is 0 Å². The zero-order valence-electron chi connectivity index (χ0n) is 15.8. The quantitative estimate of drug-likeness (QED) is 0.606. The van der Waals surface area contributed by atoms with E-state index in [-0.39, 0.29) is 0 Å². The lowest BCUT2D eigenvalue weighted by Gasteiger charge is -2.21. The summed E-state index contributed by atoms with van der Waals surface area (Å²) in [4.78, 5) is 11.1. The standard InChI is InChI=1S/C19H28N6O/c1-14-11-17(13-25(14)12-16-7-5-4-6-8-16)23-19(20-3)21-10-9-18-22-15(2)24-26-18/h4-8,14,17H,9-13H2,1-3H3,(H2,20,21,23). The molecule has 1 fully saturated rings. The number of aryl methyl sites for hydroxylation is 1. The van der Waals surface area contributed by atoms with Gasteiger partial charge in [-0.15, -0.1) is 0 Å². The third-order valence-corrected chi connectivity index (χ3v) is 4.70. The van der Waals surface area contributed by atoms with Gasteiger partial charge in [-0.1, -0.05) is 35.5 Å². The predicted molar refractivity (Wildman–Crippen MR) is 102 cm³/mol. The van der Waals surface area contributed by atoms with E-state index in [0.717, 1.165) is 25.5 Å². The molecule has 1 aliphatic rings. The van der Waals surface area contributed by atoms with Crippen LogP contribution in [0.3, 0.4) is 0 Å². The van der Waals surface area contributed by atoms with Crippen molar-refractivity contribution in [1.29, 1.82) is 0 Å². The smallest absolute Gasteiger partial charge is 0.228 e. The molecule has 1 aromatic heterocycles. The minimum atomic E-state index is 0.394. The lowest BCUT2D eigenvalue weighted by molar-refractivity contribution is 0.258. The molecule has 1 saturated heterocycles. The van der Waals surface area contributed by atoms with Crippen LogP contribution in [0.25, 0.3) is 0 Å². The SMILES string of the molecule is CN=C(NCCc1nc(C)no1)NC1CC(C)N(Cc2ccccc2)C1. The number of guanidine groups is 1. The van der Waals surface area contributed by atoms with Crippen molar-refractivity contribution in [3.63, 3.8) is 0 Å². The number of hydrogen-bond acceptors (Lipinski definition) is 5. The van der Waals surface area contributed by atoms with Crippen molar-refractivity contribution in [2.45, 2.75) is 45.3 Å². The average Bonchev–Trinajstić information content (AvgIpc) is 3.20. The monoisotopic (exact) mass is 356 g/mol. The number of aliphatic imine (C=N–C) groups is 1. The van der Waals surface area contributed by atoms with Gasteiger partial charge in [0.25, 0.3) is 0 Å². The van der Waals surface area contributed by atoms with Gasteiger partial charge in [0.05, 0.1) is 0 Å². The first kappa shape index (κ1) is 18.4. The normalized spacial score (nSPS) is 21.1. The summed E-state index contributed by atoms with van der Waals surface area (Å²) in [5.41, 5.74) is 1.36. The fourth-order valence-corrected chi connectivity index (χ4v) is 3.36. The fourth-order valence-electron chi connectivity index (χ4n) is 3.36. The maximum atomic E-state index is 5.13.